The topological polar surface area (TPSA) is 74.6 Å². The number of benzene rings is 4. The predicted octanol–water partition coefficient (Wildman–Crippen LogP) is 7.01. The van der Waals surface area contributed by atoms with Crippen LogP contribution in [-0.4, -0.2) is 22.2 Å². The molecule has 0 aliphatic rings. The van der Waals surface area contributed by atoms with Crippen molar-refractivity contribution in [3.05, 3.63) is 107 Å². The maximum atomic E-state index is 12.5. The Morgan fingerprint density at radius 1 is 0.545 bits per heavy atom. The van der Waals surface area contributed by atoms with Crippen LogP contribution in [0.15, 0.2) is 78.9 Å². The lowest BCUT2D eigenvalue weighted by Gasteiger charge is -2.21. The zero-order valence-electron chi connectivity index (χ0n) is 18.7. The van der Waals surface area contributed by atoms with E-state index in [2.05, 4.69) is 0 Å². The molecular weight excluding hydrogens is 412 g/mol. The van der Waals surface area contributed by atoms with Crippen LogP contribution in [0.3, 0.4) is 0 Å². The van der Waals surface area contributed by atoms with Gasteiger partial charge in [0.1, 0.15) is 0 Å². The summed E-state index contributed by atoms with van der Waals surface area (Å²) in [4.78, 5) is 24.7. The smallest absolute Gasteiger partial charge is 0.337 e. The molecule has 0 spiro atoms. The zero-order chi connectivity index (χ0) is 23.7. The third-order valence-corrected chi connectivity index (χ3v) is 5.81. The van der Waals surface area contributed by atoms with Crippen molar-refractivity contribution in [2.24, 2.45) is 0 Å². The van der Waals surface area contributed by atoms with Gasteiger partial charge in [-0.15, -0.1) is 0 Å². The molecule has 0 bridgehead atoms. The van der Waals surface area contributed by atoms with E-state index in [1.165, 1.54) is 6.07 Å². The van der Waals surface area contributed by atoms with Crippen molar-refractivity contribution in [3.63, 3.8) is 0 Å². The molecule has 0 aliphatic carbocycles. The SMILES string of the molecule is Cc1ccc(-c2cc(C(=O)O)c(C(=O)O)c(-c3ccc(C)cc3)c2-c2ccc(C)cc2)cc1. The van der Waals surface area contributed by atoms with E-state index in [0.29, 0.717) is 22.3 Å². The molecule has 4 nitrogen and oxygen atoms in total. The maximum Gasteiger partial charge on any atom is 0.337 e. The van der Waals surface area contributed by atoms with Gasteiger partial charge in [-0.1, -0.05) is 89.5 Å². The molecule has 164 valence electrons. The molecule has 4 rings (SSSR count). The first kappa shape index (κ1) is 22.0. The van der Waals surface area contributed by atoms with Crippen molar-refractivity contribution in [1.29, 1.82) is 0 Å². The molecule has 0 radical (unpaired) electrons. The van der Waals surface area contributed by atoms with E-state index in [0.717, 1.165) is 27.8 Å². The van der Waals surface area contributed by atoms with Crippen molar-refractivity contribution >= 4 is 11.9 Å². The Kier molecular flexibility index (Phi) is 5.84. The quantitative estimate of drug-likeness (QED) is 0.353. The summed E-state index contributed by atoms with van der Waals surface area (Å²) in [5.74, 6) is -2.55. The van der Waals surface area contributed by atoms with Crippen molar-refractivity contribution in [2.75, 3.05) is 0 Å². The average molecular weight is 437 g/mol. The zero-order valence-corrected chi connectivity index (χ0v) is 18.7. The Hall–Kier alpha value is -4.18. The molecule has 0 atom stereocenters. The molecule has 2 N–H and O–H groups in total. The molecule has 4 aromatic carbocycles. The van der Waals surface area contributed by atoms with Crippen LogP contribution in [0.1, 0.15) is 37.4 Å². The summed E-state index contributed by atoms with van der Waals surface area (Å²) >= 11 is 0. The van der Waals surface area contributed by atoms with Gasteiger partial charge < -0.3 is 10.2 Å². The molecule has 4 heteroatoms. The van der Waals surface area contributed by atoms with Gasteiger partial charge >= 0.3 is 11.9 Å². The third kappa shape index (κ3) is 4.28. The average Bonchev–Trinajstić information content (AvgIpc) is 2.79. The summed E-state index contributed by atoms with van der Waals surface area (Å²) < 4.78 is 0. The van der Waals surface area contributed by atoms with Crippen LogP contribution in [0.2, 0.25) is 0 Å². The lowest BCUT2D eigenvalue weighted by atomic mass is 9.82. The van der Waals surface area contributed by atoms with Crippen LogP contribution in [0.4, 0.5) is 0 Å². The Labute approximate surface area is 192 Å². The van der Waals surface area contributed by atoms with E-state index in [4.69, 9.17) is 0 Å². The van der Waals surface area contributed by atoms with Gasteiger partial charge in [0.05, 0.1) is 11.1 Å². The highest BCUT2D eigenvalue weighted by molar-refractivity contribution is 6.12. The number of carboxylic acids is 2. The Morgan fingerprint density at radius 3 is 1.33 bits per heavy atom. The molecule has 0 amide bonds. The van der Waals surface area contributed by atoms with E-state index in [1.807, 2.05) is 93.6 Å². The second kappa shape index (κ2) is 8.75. The number of hydrogen-bond donors (Lipinski definition) is 2. The van der Waals surface area contributed by atoms with Gasteiger partial charge in [0.2, 0.25) is 0 Å². The fourth-order valence-electron chi connectivity index (χ4n) is 4.06. The van der Waals surface area contributed by atoms with Crippen LogP contribution in [0, 0.1) is 20.8 Å². The molecule has 0 heterocycles. The second-order valence-corrected chi connectivity index (χ2v) is 8.31. The Balaban J connectivity index is 2.22. The minimum atomic E-state index is -1.27. The van der Waals surface area contributed by atoms with Crippen molar-refractivity contribution in [3.8, 4) is 33.4 Å². The van der Waals surface area contributed by atoms with Gasteiger partial charge in [-0.2, -0.15) is 0 Å². The summed E-state index contributed by atoms with van der Waals surface area (Å²) in [6, 6.07) is 24.6. The highest BCUT2D eigenvalue weighted by Gasteiger charge is 2.28. The summed E-state index contributed by atoms with van der Waals surface area (Å²) in [6.07, 6.45) is 0. The van der Waals surface area contributed by atoms with Gasteiger partial charge in [-0.05, 0) is 54.7 Å². The van der Waals surface area contributed by atoms with Crippen LogP contribution in [0.25, 0.3) is 33.4 Å². The van der Waals surface area contributed by atoms with Crippen LogP contribution >= 0.6 is 0 Å². The van der Waals surface area contributed by atoms with E-state index < -0.39 is 11.9 Å². The van der Waals surface area contributed by atoms with E-state index in [1.54, 1.807) is 0 Å². The summed E-state index contributed by atoms with van der Waals surface area (Å²) in [5, 5.41) is 20.1. The number of carboxylic acid groups (broad SMARTS) is 2. The molecule has 4 aromatic rings. The van der Waals surface area contributed by atoms with Gasteiger partial charge in [0.15, 0.2) is 0 Å². The minimum Gasteiger partial charge on any atom is -0.478 e. The second-order valence-electron chi connectivity index (χ2n) is 8.31. The van der Waals surface area contributed by atoms with Crippen LogP contribution in [0.5, 0.6) is 0 Å². The lowest BCUT2D eigenvalue weighted by Crippen LogP contribution is -2.12. The molecule has 0 fully saturated rings. The van der Waals surface area contributed by atoms with Crippen LogP contribution in [-0.2, 0) is 0 Å². The minimum absolute atomic E-state index is 0.210. The summed E-state index contributed by atoms with van der Waals surface area (Å²) in [7, 11) is 0. The highest BCUT2D eigenvalue weighted by Crippen LogP contribution is 2.44. The van der Waals surface area contributed by atoms with Crippen LogP contribution < -0.4 is 0 Å². The fraction of sp³-hybridized carbons (Fsp3) is 0.103. The van der Waals surface area contributed by atoms with Gasteiger partial charge in [0, 0.05) is 5.56 Å². The molecule has 0 saturated carbocycles. The normalized spacial score (nSPS) is 10.8. The van der Waals surface area contributed by atoms with E-state index in [-0.39, 0.29) is 11.1 Å². The summed E-state index contributed by atoms with van der Waals surface area (Å²) in [5.41, 5.74) is 6.83. The largest absolute Gasteiger partial charge is 0.478 e. The number of rotatable bonds is 5. The van der Waals surface area contributed by atoms with Crippen molar-refractivity contribution in [1.82, 2.24) is 0 Å². The predicted molar refractivity (Wildman–Crippen MR) is 131 cm³/mol. The molecule has 33 heavy (non-hydrogen) atoms. The standard InChI is InChI=1S/C29H24O4/c1-17-4-10-20(11-5-17)23-16-24(28(30)31)27(29(32)33)26(22-14-8-19(3)9-15-22)25(23)21-12-6-18(2)7-13-21/h4-16H,1-3H3,(H,30,31)(H,32,33). The lowest BCUT2D eigenvalue weighted by molar-refractivity contribution is 0.0652. The third-order valence-electron chi connectivity index (χ3n) is 5.81. The Bertz CT molecular complexity index is 1350. The molecule has 0 aliphatic heterocycles. The van der Waals surface area contributed by atoms with E-state index in [9.17, 15) is 19.8 Å². The first-order valence-corrected chi connectivity index (χ1v) is 10.6. The summed E-state index contributed by atoms with van der Waals surface area (Å²) in [6.45, 7) is 5.93. The first-order chi connectivity index (χ1) is 15.8. The number of hydrogen-bond acceptors (Lipinski definition) is 2. The number of aromatic carboxylic acids is 2. The Morgan fingerprint density at radius 2 is 0.939 bits per heavy atom. The van der Waals surface area contributed by atoms with Gasteiger partial charge in [-0.25, -0.2) is 9.59 Å². The van der Waals surface area contributed by atoms with Crippen molar-refractivity contribution in [2.45, 2.75) is 20.8 Å². The van der Waals surface area contributed by atoms with Gasteiger partial charge in [-0.3, -0.25) is 0 Å². The van der Waals surface area contributed by atoms with Crippen molar-refractivity contribution < 1.29 is 19.8 Å². The number of carbonyl (C=O) groups is 2. The first-order valence-electron chi connectivity index (χ1n) is 10.6. The molecule has 0 unspecified atom stereocenters. The fourth-order valence-corrected chi connectivity index (χ4v) is 4.06. The van der Waals surface area contributed by atoms with Gasteiger partial charge in [0.25, 0.3) is 0 Å². The highest BCUT2D eigenvalue weighted by atomic mass is 16.4. The maximum absolute atomic E-state index is 12.5. The molecule has 0 aromatic heterocycles. The number of aryl methyl sites for hydroxylation is 3. The van der Waals surface area contributed by atoms with E-state index >= 15 is 0 Å². The monoisotopic (exact) mass is 436 g/mol. The molecule has 0 saturated heterocycles. The molecular formula is C29H24O4.